The van der Waals surface area contributed by atoms with Crippen LogP contribution in [0.3, 0.4) is 0 Å². The average molecular weight is 248 g/mol. The lowest BCUT2D eigenvalue weighted by Crippen LogP contribution is -2.00. The molecule has 0 aromatic carbocycles. The molecule has 7 heteroatoms. The largest absolute Gasteiger partial charge is 0.383 e. The standard InChI is InChI=1S/C10H12N6S/c1-5-3-6(2)14-10(13-5)17-8-4-7(11)15-9(12)16-8/h3-4H,1-2H3,(H4,11,12,15,16). The van der Waals surface area contributed by atoms with E-state index in [-0.39, 0.29) is 5.95 Å². The molecule has 0 amide bonds. The van der Waals surface area contributed by atoms with Crippen molar-refractivity contribution in [2.75, 3.05) is 11.5 Å². The smallest absolute Gasteiger partial charge is 0.223 e. The van der Waals surface area contributed by atoms with Gasteiger partial charge < -0.3 is 11.5 Å². The predicted octanol–water partition coefficient (Wildman–Crippen LogP) is 1.20. The van der Waals surface area contributed by atoms with Crippen molar-refractivity contribution in [3.63, 3.8) is 0 Å². The molecule has 4 N–H and O–H groups in total. The van der Waals surface area contributed by atoms with Gasteiger partial charge in [-0.1, -0.05) is 0 Å². The summed E-state index contributed by atoms with van der Waals surface area (Å²) in [4.78, 5) is 16.5. The maximum Gasteiger partial charge on any atom is 0.223 e. The van der Waals surface area contributed by atoms with Gasteiger partial charge >= 0.3 is 0 Å². The van der Waals surface area contributed by atoms with E-state index >= 15 is 0 Å². The predicted molar refractivity (Wildman–Crippen MR) is 66.5 cm³/mol. The third kappa shape index (κ3) is 3.04. The van der Waals surface area contributed by atoms with Crippen LogP contribution in [0.25, 0.3) is 0 Å². The van der Waals surface area contributed by atoms with Crippen molar-refractivity contribution < 1.29 is 0 Å². The van der Waals surface area contributed by atoms with Gasteiger partial charge in [-0.2, -0.15) is 4.98 Å². The molecule has 2 aromatic heterocycles. The molecule has 0 atom stereocenters. The molecule has 0 fully saturated rings. The van der Waals surface area contributed by atoms with Gasteiger partial charge in [0.2, 0.25) is 5.95 Å². The topological polar surface area (TPSA) is 104 Å². The Morgan fingerprint density at radius 3 is 2.18 bits per heavy atom. The first-order valence-corrected chi connectivity index (χ1v) is 5.75. The van der Waals surface area contributed by atoms with E-state index in [1.54, 1.807) is 6.07 Å². The highest BCUT2D eigenvalue weighted by Gasteiger charge is 2.06. The summed E-state index contributed by atoms with van der Waals surface area (Å²) < 4.78 is 0. The molecule has 2 rings (SSSR count). The van der Waals surface area contributed by atoms with E-state index in [1.807, 2.05) is 19.9 Å². The van der Waals surface area contributed by atoms with Gasteiger partial charge in [0.1, 0.15) is 10.8 Å². The second-order valence-electron chi connectivity index (χ2n) is 3.52. The zero-order chi connectivity index (χ0) is 12.4. The SMILES string of the molecule is Cc1cc(C)nc(Sc2cc(N)nc(N)n2)n1. The minimum Gasteiger partial charge on any atom is -0.383 e. The minimum absolute atomic E-state index is 0.150. The molecule has 0 aliphatic heterocycles. The van der Waals surface area contributed by atoms with E-state index in [9.17, 15) is 0 Å². The fourth-order valence-corrected chi connectivity index (χ4v) is 2.23. The number of hydrogen-bond acceptors (Lipinski definition) is 7. The van der Waals surface area contributed by atoms with Crippen LogP contribution in [0.4, 0.5) is 11.8 Å². The van der Waals surface area contributed by atoms with Gasteiger partial charge in [0.25, 0.3) is 0 Å². The molecule has 88 valence electrons. The first-order valence-electron chi connectivity index (χ1n) is 4.93. The van der Waals surface area contributed by atoms with Crippen LogP contribution < -0.4 is 11.5 Å². The lowest BCUT2D eigenvalue weighted by atomic mass is 10.4. The first-order chi connectivity index (χ1) is 8.02. The van der Waals surface area contributed by atoms with Crippen molar-refractivity contribution >= 4 is 23.5 Å². The third-order valence-electron chi connectivity index (χ3n) is 1.90. The summed E-state index contributed by atoms with van der Waals surface area (Å²) in [6, 6.07) is 3.55. The third-order valence-corrected chi connectivity index (χ3v) is 2.68. The van der Waals surface area contributed by atoms with Crippen LogP contribution in [0.1, 0.15) is 11.4 Å². The molecular formula is C10H12N6S. The number of aromatic nitrogens is 4. The van der Waals surface area contributed by atoms with Crippen LogP contribution in [0.15, 0.2) is 22.3 Å². The van der Waals surface area contributed by atoms with E-state index in [4.69, 9.17) is 11.5 Å². The molecule has 0 bridgehead atoms. The summed E-state index contributed by atoms with van der Waals surface area (Å²) in [7, 11) is 0. The first kappa shape index (κ1) is 11.6. The number of nitrogens with zero attached hydrogens (tertiary/aromatic N) is 4. The molecule has 17 heavy (non-hydrogen) atoms. The van der Waals surface area contributed by atoms with Crippen LogP contribution in [-0.2, 0) is 0 Å². The number of nitrogen functional groups attached to an aromatic ring is 2. The molecule has 0 unspecified atom stereocenters. The van der Waals surface area contributed by atoms with Crippen molar-refractivity contribution in [1.82, 2.24) is 19.9 Å². The van der Waals surface area contributed by atoms with Crippen LogP contribution in [0.5, 0.6) is 0 Å². The zero-order valence-electron chi connectivity index (χ0n) is 9.51. The quantitative estimate of drug-likeness (QED) is 0.607. The summed E-state index contributed by atoms with van der Waals surface area (Å²) in [5, 5.41) is 1.26. The Kier molecular flexibility index (Phi) is 3.10. The fourth-order valence-electron chi connectivity index (χ4n) is 1.35. The van der Waals surface area contributed by atoms with Crippen molar-refractivity contribution in [3.05, 3.63) is 23.5 Å². The molecular weight excluding hydrogens is 236 g/mol. The lowest BCUT2D eigenvalue weighted by molar-refractivity contribution is 0.898. The van der Waals surface area contributed by atoms with Gasteiger partial charge in [-0.15, -0.1) is 0 Å². The van der Waals surface area contributed by atoms with Crippen LogP contribution >= 0.6 is 11.8 Å². The van der Waals surface area contributed by atoms with E-state index in [2.05, 4.69) is 19.9 Å². The molecule has 6 nitrogen and oxygen atoms in total. The maximum absolute atomic E-state index is 5.59. The van der Waals surface area contributed by atoms with Gasteiger partial charge in [0, 0.05) is 17.5 Å². The van der Waals surface area contributed by atoms with Gasteiger partial charge in [-0.05, 0) is 31.7 Å². The summed E-state index contributed by atoms with van der Waals surface area (Å²) in [5.41, 5.74) is 12.9. The van der Waals surface area contributed by atoms with E-state index in [1.165, 1.54) is 11.8 Å². The van der Waals surface area contributed by atoms with Crippen molar-refractivity contribution in [3.8, 4) is 0 Å². The summed E-state index contributed by atoms with van der Waals surface area (Å²) in [6.07, 6.45) is 0. The number of nitrogens with two attached hydrogens (primary N) is 2. The highest BCUT2D eigenvalue weighted by molar-refractivity contribution is 7.99. The second-order valence-corrected chi connectivity index (χ2v) is 4.51. The highest BCUT2D eigenvalue weighted by atomic mass is 32.2. The van der Waals surface area contributed by atoms with Crippen LogP contribution in [0.2, 0.25) is 0 Å². The number of anilines is 2. The Morgan fingerprint density at radius 2 is 1.59 bits per heavy atom. The molecule has 0 aliphatic carbocycles. The summed E-state index contributed by atoms with van der Waals surface area (Å²) >= 11 is 1.31. The van der Waals surface area contributed by atoms with Gasteiger partial charge in [0.15, 0.2) is 5.16 Å². The zero-order valence-corrected chi connectivity index (χ0v) is 10.3. The number of hydrogen-bond donors (Lipinski definition) is 2. The summed E-state index contributed by atoms with van der Waals surface area (Å²) in [6.45, 7) is 3.84. The minimum atomic E-state index is 0.150. The lowest BCUT2D eigenvalue weighted by Gasteiger charge is -2.03. The van der Waals surface area contributed by atoms with Gasteiger partial charge in [-0.3, -0.25) is 0 Å². The molecule has 0 radical (unpaired) electrons. The van der Waals surface area contributed by atoms with Crippen LogP contribution in [-0.4, -0.2) is 19.9 Å². The number of aryl methyl sites for hydroxylation is 2. The average Bonchev–Trinajstić information content (AvgIpc) is 2.13. The van der Waals surface area contributed by atoms with E-state index in [0.29, 0.717) is 16.0 Å². The Bertz CT molecular complexity index is 466. The van der Waals surface area contributed by atoms with E-state index in [0.717, 1.165) is 11.4 Å². The monoisotopic (exact) mass is 248 g/mol. The van der Waals surface area contributed by atoms with Crippen molar-refractivity contribution in [2.45, 2.75) is 24.0 Å². The highest BCUT2D eigenvalue weighted by Crippen LogP contribution is 2.24. The van der Waals surface area contributed by atoms with E-state index < -0.39 is 0 Å². The Morgan fingerprint density at radius 1 is 0.941 bits per heavy atom. The number of rotatable bonds is 2. The fraction of sp³-hybridized carbons (Fsp3) is 0.200. The Balaban J connectivity index is 2.31. The molecule has 0 spiro atoms. The van der Waals surface area contributed by atoms with Gasteiger partial charge in [0.05, 0.1) is 0 Å². The maximum atomic E-state index is 5.59. The van der Waals surface area contributed by atoms with Crippen LogP contribution in [0, 0.1) is 13.8 Å². The Labute approximate surface area is 103 Å². The molecule has 0 saturated heterocycles. The van der Waals surface area contributed by atoms with Crippen molar-refractivity contribution in [2.24, 2.45) is 0 Å². The second kappa shape index (κ2) is 4.54. The molecule has 2 aromatic rings. The molecule has 0 aliphatic rings. The molecule has 0 saturated carbocycles. The van der Waals surface area contributed by atoms with Crippen molar-refractivity contribution in [1.29, 1.82) is 0 Å². The molecule has 2 heterocycles. The Hall–Kier alpha value is -1.89. The van der Waals surface area contributed by atoms with Gasteiger partial charge in [-0.25, -0.2) is 15.0 Å². The normalized spacial score (nSPS) is 10.5. The summed E-state index contributed by atoms with van der Waals surface area (Å²) in [5.74, 6) is 0.487.